The molecule has 1 N–H and O–H groups in total. The maximum atomic E-state index is 13.0. The van der Waals surface area contributed by atoms with Crippen molar-refractivity contribution in [2.24, 2.45) is 0 Å². The number of hydrogen-bond donors (Lipinski definition) is 1. The smallest absolute Gasteiger partial charge is 0.231 e. The van der Waals surface area contributed by atoms with Crippen LogP contribution in [0.1, 0.15) is 18.1 Å². The highest BCUT2D eigenvalue weighted by atomic mass is 19.1. The Morgan fingerprint density at radius 3 is 2.52 bits per heavy atom. The molecule has 0 saturated carbocycles. The number of rotatable bonds is 4. The Kier molecular flexibility index (Phi) is 3.55. The number of ether oxygens (including phenoxy) is 2. The first kappa shape index (κ1) is 13.9. The summed E-state index contributed by atoms with van der Waals surface area (Å²) in [6, 6.07) is 12.1. The van der Waals surface area contributed by atoms with Gasteiger partial charge in [-0.25, -0.2) is 4.39 Å². The third-order valence-electron chi connectivity index (χ3n) is 3.93. The molecule has 2 aromatic carbocycles. The van der Waals surface area contributed by atoms with Crippen LogP contribution in [-0.4, -0.2) is 18.5 Å². The third kappa shape index (κ3) is 2.72. The Morgan fingerprint density at radius 1 is 1.10 bits per heavy atom. The average Bonchev–Trinajstić information content (AvgIpc) is 2.97. The Hall–Kier alpha value is -2.07. The minimum Gasteiger partial charge on any atom is -0.454 e. The lowest BCUT2D eigenvalue weighted by Gasteiger charge is -2.28. The van der Waals surface area contributed by atoms with Crippen molar-refractivity contribution in [1.29, 1.82) is 0 Å². The maximum Gasteiger partial charge on any atom is 0.231 e. The van der Waals surface area contributed by atoms with Crippen LogP contribution in [0.25, 0.3) is 0 Å². The molecule has 1 aliphatic heterocycles. The van der Waals surface area contributed by atoms with Crippen molar-refractivity contribution in [3.8, 4) is 11.5 Å². The van der Waals surface area contributed by atoms with Crippen LogP contribution in [-0.2, 0) is 11.8 Å². The summed E-state index contributed by atoms with van der Waals surface area (Å²) in [6.07, 6.45) is 0.615. The lowest BCUT2D eigenvalue weighted by Crippen LogP contribution is -2.29. The monoisotopic (exact) mass is 288 g/mol. The van der Waals surface area contributed by atoms with Gasteiger partial charge in [0.05, 0.1) is 6.61 Å². The SMILES string of the molecule is CC(CO)(Cc1ccc(F)cc1)c1ccc2c(c1)OCO2. The van der Waals surface area contributed by atoms with Crippen LogP contribution in [0.15, 0.2) is 42.5 Å². The molecule has 2 aromatic rings. The van der Waals surface area contributed by atoms with E-state index in [2.05, 4.69) is 0 Å². The number of hydrogen-bond acceptors (Lipinski definition) is 3. The number of fused-ring (bicyclic) bond motifs is 1. The van der Waals surface area contributed by atoms with Crippen molar-refractivity contribution in [3.63, 3.8) is 0 Å². The molecule has 1 heterocycles. The van der Waals surface area contributed by atoms with E-state index in [4.69, 9.17) is 9.47 Å². The van der Waals surface area contributed by atoms with E-state index in [1.54, 1.807) is 12.1 Å². The molecular formula is C17H17FO3. The second kappa shape index (κ2) is 5.37. The van der Waals surface area contributed by atoms with E-state index < -0.39 is 5.41 Å². The van der Waals surface area contributed by atoms with E-state index in [1.165, 1.54) is 12.1 Å². The predicted octanol–water partition coefficient (Wildman–Crippen LogP) is 3.05. The van der Waals surface area contributed by atoms with Gasteiger partial charge in [0.25, 0.3) is 0 Å². The van der Waals surface area contributed by atoms with Crippen LogP contribution in [0.5, 0.6) is 11.5 Å². The van der Waals surface area contributed by atoms with E-state index >= 15 is 0 Å². The number of halogens is 1. The highest BCUT2D eigenvalue weighted by Gasteiger charge is 2.28. The zero-order chi connectivity index (χ0) is 14.9. The average molecular weight is 288 g/mol. The summed E-state index contributed by atoms with van der Waals surface area (Å²) in [5.74, 6) is 1.17. The number of aliphatic hydroxyl groups is 1. The molecule has 3 rings (SSSR count). The summed E-state index contributed by atoms with van der Waals surface area (Å²) in [5.41, 5.74) is 1.49. The quantitative estimate of drug-likeness (QED) is 0.939. The topological polar surface area (TPSA) is 38.7 Å². The van der Waals surface area contributed by atoms with Crippen molar-refractivity contribution in [3.05, 3.63) is 59.4 Å². The molecule has 0 amide bonds. The fourth-order valence-corrected chi connectivity index (χ4v) is 2.57. The van der Waals surface area contributed by atoms with Gasteiger partial charge in [-0.3, -0.25) is 0 Å². The molecule has 1 atom stereocenters. The van der Waals surface area contributed by atoms with Crippen LogP contribution in [0, 0.1) is 5.82 Å². The van der Waals surface area contributed by atoms with E-state index in [0.717, 1.165) is 16.9 Å². The summed E-state index contributed by atoms with van der Waals surface area (Å²) in [7, 11) is 0. The van der Waals surface area contributed by atoms with Gasteiger partial charge in [0.2, 0.25) is 6.79 Å². The Labute approximate surface area is 122 Å². The van der Waals surface area contributed by atoms with Crippen molar-refractivity contribution >= 4 is 0 Å². The molecule has 0 aliphatic carbocycles. The second-order valence-electron chi connectivity index (χ2n) is 5.59. The molecule has 0 spiro atoms. The molecule has 1 unspecified atom stereocenters. The van der Waals surface area contributed by atoms with Gasteiger partial charge >= 0.3 is 0 Å². The van der Waals surface area contributed by atoms with Crippen LogP contribution in [0.4, 0.5) is 4.39 Å². The van der Waals surface area contributed by atoms with Gasteiger partial charge in [-0.15, -0.1) is 0 Å². The maximum absolute atomic E-state index is 13.0. The summed E-state index contributed by atoms with van der Waals surface area (Å²) in [4.78, 5) is 0. The van der Waals surface area contributed by atoms with E-state index in [9.17, 15) is 9.50 Å². The Balaban J connectivity index is 1.90. The van der Waals surface area contributed by atoms with Crippen LogP contribution < -0.4 is 9.47 Å². The minimum absolute atomic E-state index is 0.00990. The lowest BCUT2D eigenvalue weighted by molar-refractivity contribution is 0.173. The van der Waals surface area contributed by atoms with Crippen LogP contribution >= 0.6 is 0 Å². The van der Waals surface area contributed by atoms with E-state index in [1.807, 2.05) is 25.1 Å². The summed E-state index contributed by atoms with van der Waals surface area (Å²) in [5, 5.41) is 9.86. The normalized spacial score (nSPS) is 15.8. The van der Waals surface area contributed by atoms with Gasteiger partial charge in [0.1, 0.15) is 5.82 Å². The van der Waals surface area contributed by atoms with Gasteiger partial charge in [-0.1, -0.05) is 25.1 Å². The summed E-state index contributed by atoms with van der Waals surface area (Å²) >= 11 is 0. The molecule has 110 valence electrons. The highest BCUT2D eigenvalue weighted by Crippen LogP contribution is 2.37. The zero-order valence-electron chi connectivity index (χ0n) is 11.8. The Bertz CT molecular complexity index is 639. The summed E-state index contributed by atoms with van der Waals surface area (Å²) < 4.78 is 23.7. The lowest BCUT2D eigenvalue weighted by atomic mass is 9.78. The van der Waals surface area contributed by atoms with Crippen LogP contribution in [0.2, 0.25) is 0 Å². The first-order chi connectivity index (χ1) is 10.1. The molecule has 3 nitrogen and oxygen atoms in total. The predicted molar refractivity (Wildman–Crippen MR) is 77.1 cm³/mol. The van der Waals surface area contributed by atoms with Gasteiger partial charge in [0.15, 0.2) is 11.5 Å². The van der Waals surface area contributed by atoms with Crippen molar-refractivity contribution in [1.82, 2.24) is 0 Å². The molecular weight excluding hydrogens is 271 g/mol. The molecule has 0 radical (unpaired) electrons. The van der Waals surface area contributed by atoms with E-state index in [0.29, 0.717) is 12.2 Å². The molecule has 4 heteroatoms. The molecule has 0 fully saturated rings. The van der Waals surface area contributed by atoms with Crippen LogP contribution in [0.3, 0.4) is 0 Å². The molecule has 1 aliphatic rings. The zero-order valence-corrected chi connectivity index (χ0v) is 11.8. The standard InChI is InChI=1S/C17H17FO3/c1-17(10-19,9-12-2-5-14(18)6-3-12)13-4-7-15-16(8-13)21-11-20-15/h2-8,19H,9-11H2,1H3. The fourth-order valence-electron chi connectivity index (χ4n) is 2.57. The van der Waals surface area contributed by atoms with Gasteiger partial charge in [-0.2, -0.15) is 0 Å². The first-order valence-corrected chi connectivity index (χ1v) is 6.86. The number of benzene rings is 2. The summed E-state index contributed by atoms with van der Waals surface area (Å²) in [6.45, 7) is 2.20. The number of aliphatic hydroxyl groups excluding tert-OH is 1. The molecule has 21 heavy (non-hydrogen) atoms. The fraction of sp³-hybridized carbons (Fsp3) is 0.294. The van der Waals surface area contributed by atoms with Gasteiger partial charge in [-0.05, 0) is 41.8 Å². The Morgan fingerprint density at radius 2 is 1.81 bits per heavy atom. The molecule has 0 bridgehead atoms. The third-order valence-corrected chi connectivity index (χ3v) is 3.93. The first-order valence-electron chi connectivity index (χ1n) is 6.86. The van der Waals surface area contributed by atoms with Crippen molar-refractivity contribution in [2.45, 2.75) is 18.8 Å². The van der Waals surface area contributed by atoms with E-state index in [-0.39, 0.29) is 19.2 Å². The van der Waals surface area contributed by atoms with Crippen molar-refractivity contribution in [2.75, 3.05) is 13.4 Å². The highest BCUT2D eigenvalue weighted by molar-refractivity contribution is 5.47. The minimum atomic E-state index is -0.460. The van der Waals surface area contributed by atoms with Gasteiger partial charge in [0, 0.05) is 5.41 Å². The largest absolute Gasteiger partial charge is 0.454 e. The second-order valence-corrected chi connectivity index (χ2v) is 5.59. The van der Waals surface area contributed by atoms with Gasteiger partial charge < -0.3 is 14.6 Å². The molecule has 0 aromatic heterocycles. The van der Waals surface area contributed by atoms with Crippen molar-refractivity contribution < 1.29 is 19.0 Å². The molecule has 0 saturated heterocycles.